The molecular weight excluding hydrogens is 364 g/mol. The summed E-state index contributed by atoms with van der Waals surface area (Å²) < 4.78 is 0. The zero-order valence-corrected chi connectivity index (χ0v) is 20.4. The summed E-state index contributed by atoms with van der Waals surface area (Å²) in [5.41, 5.74) is 1.78. The third-order valence-electron chi connectivity index (χ3n) is 7.27. The predicted octanol–water partition coefficient (Wildman–Crippen LogP) is 7.44. The predicted molar refractivity (Wildman–Crippen MR) is 133 cm³/mol. The van der Waals surface area contributed by atoms with Crippen LogP contribution in [0.1, 0.15) is 103 Å². The highest BCUT2D eigenvalue weighted by Gasteiger charge is 2.31. The molecule has 0 aliphatic carbocycles. The number of benzene rings is 1. The smallest absolute Gasteiger partial charge is 0.0205 e. The molecule has 0 unspecified atom stereocenters. The quantitative estimate of drug-likeness (QED) is 0.283. The van der Waals surface area contributed by atoms with Crippen molar-refractivity contribution >= 4 is 0 Å². The first-order chi connectivity index (χ1) is 14.6. The fourth-order valence-electron chi connectivity index (χ4n) is 5.03. The van der Waals surface area contributed by atoms with Crippen molar-refractivity contribution in [2.75, 3.05) is 26.2 Å². The standard InChI is InChI=1S/C28H50N2/c1-4-5-6-7-8-9-10-11-12-16-21-30-22-19-27(20-23-30)28(2,3)25-29-24-26-17-14-13-15-18-26/h13-15,17-18,27,29H,4-12,16,19-25H2,1-3H3. The Morgan fingerprint density at radius 1 is 0.833 bits per heavy atom. The Hall–Kier alpha value is -0.860. The number of piperidine rings is 1. The monoisotopic (exact) mass is 414 g/mol. The number of nitrogens with zero attached hydrogens (tertiary/aromatic N) is 1. The Balaban J connectivity index is 1.48. The molecule has 0 bridgehead atoms. The molecule has 172 valence electrons. The fraction of sp³-hybridized carbons (Fsp3) is 0.786. The summed E-state index contributed by atoms with van der Waals surface area (Å²) in [5.74, 6) is 0.852. The van der Waals surface area contributed by atoms with Crippen LogP contribution in [0.4, 0.5) is 0 Å². The van der Waals surface area contributed by atoms with Crippen LogP contribution in [0.2, 0.25) is 0 Å². The molecule has 0 amide bonds. The second-order valence-electron chi connectivity index (χ2n) is 10.4. The van der Waals surface area contributed by atoms with Crippen LogP contribution in [0.3, 0.4) is 0 Å². The van der Waals surface area contributed by atoms with Crippen molar-refractivity contribution in [1.29, 1.82) is 0 Å². The molecule has 1 aromatic carbocycles. The number of unbranched alkanes of at least 4 members (excludes halogenated alkanes) is 9. The highest BCUT2D eigenvalue weighted by molar-refractivity contribution is 5.14. The van der Waals surface area contributed by atoms with Crippen molar-refractivity contribution in [3.05, 3.63) is 35.9 Å². The first-order valence-electron chi connectivity index (χ1n) is 13.1. The van der Waals surface area contributed by atoms with Crippen molar-refractivity contribution < 1.29 is 0 Å². The van der Waals surface area contributed by atoms with E-state index in [0.717, 1.165) is 19.0 Å². The van der Waals surface area contributed by atoms with Gasteiger partial charge in [-0.2, -0.15) is 0 Å². The number of hydrogen-bond acceptors (Lipinski definition) is 2. The zero-order chi connectivity index (χ0) is 21.5. The van der Waals surface area contributed by atoms with E-state index in [9.17, 15) is 0 Å². The lowest BCUT2D eigenvalue weighted by molar-refractivity contribution is 0.0979. The van der Waals surface area contributed by atoms with Crippen molar-refractivity contribution in [2.45, 2.75) is 104 Å². The summed E-state index contributed by atoms with van der Waals surface area (Å²) in [5, 5.41) is 3.71. The average molecular weight is 415 g/mol. The van der Waals surface area contributed by atoms with Gasteiger partial charge in [0.15, 0.2) is 0 Å². The van der Waals surface area contributed by atoms with E-state index in [1.54, 1.807) is 0 Å². The second-order valence-corrected chi connectivity index (χ2v) is 10.4. The van der Waals surface area contributed by atoms with E-state index in [1.165, 1.54) is 102 Å². The van der Waals surface area contributed by atoms with E-state index in [1.807, 2.05) is 0 Å². The van der Waals surface area contributed by atoms with Crippen molar-refractivity contribution in [3.8, 4) is 0 Å². The SMILES string of the molecule is CCCCCCCCCCCCN1CCC(C(C)(C)CNCc2ccccc2)CC1. The highest BCUT2D eigenvalue weighted by Crippen LogP contribution is 2.34. The summed E-state index contributed by atoms with van der Waals surface area (Å²) >= 11 is 0. The average Bonchev–Trinajstić information content (AvgIpc) is 2.76. The van der Waals surface area contributed by atoms with Crippen LogP contribution in [-0.4, -0.2) is 31.1 Å². The number of likely N-dealkylation sites (tertiary alicyclic amines) is 1. The van der Waals surface area contributed by atoms with Gasteiger partial charge in [0.2, 0.25) is 0 Å². The molecule has 1 saturated heterocycles. The third-order valence-corrected chi connectivity index (χ3v) is 7.27. The molecule has 1 fully saturated rings. The van der Waals surface area contributed by atoms with E-state index in [4.69, 9.17) is 0 Å². The molecule has 0 saturated carbocycles. The van der Waals surface area contributed by atoms with Gasteiger partial charge in [-0.1, -0.05) is 109 Å². The van der Waals surface area contributed by atoms with Crippen LogP contribution in [-0.2, 0) is 6.54 Å². The van der Waals surface area contributed by atoms with Gasteiger partial charge in [0.05, 0.1) is 0 Å². The molecule has 1 aliphatic rings. The molecule has 1 aromatic rings. The number of rotatable bonds is 16. The summed E-state index contributed by atoms with van der Waals surface area (Å²) in [6.07, 6.45) is 17.1. The van der Waals surface area contributed by atoms with Gasteiger partial charge in [0, 0.05) is 13.1 Å². The Labute approximate surface area is 188 Å². The number of hydrogen-bond donors (Lipinski definition) is 1. The maximum atomic E-state index is 3.71. The van der Waals surface area contributed by atoms with Gasteiger partial charge in [-0.15, -0.1) is 0 Å². The van der Waals surface area contributed by atoms with E-state index in [-0.39, 0.29) is 0 Å². The normalized spacial score (nSPS) is 16.2. The minimum Gasteiger partial charge on any atom is -0.312 e. The molecule has 2 rings (SSSR count). The lowest BCUT2D eigenvalue weighted by atomic mass is 9.73. The van der Waals surface area contributed by atoms with Gasteiger partial charge >= 0.3 is 0 Å². The summed E-state index contributed by atoms with van der Waals surface area (Å²) in [6.45, 7) is 13.3. The summed E-state index contributed by atoms with van der Waals surface area (Å²) in [7, 11) is 0. The minimum absolute atomic E-state index is 0.387. The van der Waals surface area contributed by atoms with Crippen LogP contribution < -0.4 is 5.32 Å². The first kappa shape index (κ1) is 25.4. The molecule has 1 aliphatic heterocycles. The van der Waals surface area contributed by atoms with E-state index in [2.05, 4.69) is 61.3 Å². The third kappa shape index (κ3) is 10.4. The molecule has 0 spiro atoms. The molecule has 1 heterocycles. The van der Waals surface area contributed by atoms with Crippen LogP contribution >= 0.6 is 0 Å². The molecular formula is C28H50N2. The van der Waals surface area contributed by atoms with Gasteiger partial charge in [-0.3, -0.25) is 0 Å². The van der Waals surface area contributed by atoms with E-state index >= 15 is 0 Å². The van der Waals surface area contributed by atoms with Gasteiger partial charge in [0.1, 0.15) is 0 Å². The van der Waals surface area contributed by atoms with E-state index < -0.39 is 0 Å². The summed E-state index contributed by atoms with van der Waals surface area (Å²) in [6, 6.07) is 10.8. The lowest BCUT2D eigenvalue weighted by Gasteiger charge is -2.41. The minimum atomic E-state index is 0.387. The van der Waals surface area contributed by atoms with Gasteiger partial charge in [-0.25, -0.2) is 0 Å². The van der Waals surface area contributed by atoms with E-state index in [0.29, 0.717) is 5.41 Å². The Bertz CT molecular complexity index is 517. The highest BCUT2D eigenvalue weighted by atomic mass is 15.1. The van der Waals surface area contributed by atoms with Gasteiger partial charge < -0.3 is 10.2 Å². The fourth-order valence-corrected chi connectivity index (χ4v) is 5.03. The van der Waals surface area contributed by atoms with Gasteiger partial charge in [0.25, 0.3) is 0 Å². The van der Waals surface area contributed by atoms with Crippen LogP contribution in [0.5, 0.6) is 0 Å². The molecule has 2 nitrogen and oxygen atoms in total. The van der Waals surface area contributed by atoms with Crippen molar-refractivity contribution in [1.82, 2.24) is 10.2 Å². The molecule has 1 N–H and O–H groups in total. The van der Waals surface area contributed by atoms with Crippen molar-refractivity contribution in [3.63, 3.8) is 0 Å². The Morgan fingerprint density at radius 3 is 2.00 bits per heavy atom. The molecule has 0 atom stereocenters. The zero-order valence-electron chi connectivity index (χ0n) is 20.4. The maximum absolute atomic E-state index is 3.71. The molecule has 0 radical (unpaired) electrons. The first-order valence-corrected chi connectivity index (χ1v) is 13.1. The van der Waals surface area contributed by atoms with Crippen LogP contribution in [0.25, 0.3) is 0 Å². The van der Waals surface area contributed by atoms with Crippen molar-refractivity contribution in [2.24, 2.45) is 11.3 Å². The lowest BCUT2D eigenvalue weighted by Crippen LogP contribution is -2.43. The second kappa shape index (κ2) is 15.0. The van der Waals surface area contributed by atoms with Gasteiger partial charge in [-0.05, 0) is 55.8 Å². The molecule has 2 heteroatoms. The molecule has 30 heavy (non-hydrogen) atoms. The Morgan fingerprint density at radius 2 is 1.40 bits per heavy atom. The topological polar surface area (TPSA) is 15.3 Å². The van der Waals surface area contributed by atoms with Crippen LogP contribution in [0, 0.1) is 11.3 Å². The Kier molecular flexibility index (Phi) is 12.7. The maximum Gasteiger partial charge on any atom is 0.0205 e. The summed E-state index contributed by atoms with van der Waals surface area (Å²) in [4.78, 5) is 2.73. The molecule has 0 aromatic heterocycles. The van der Waals surface area contributed by atoms with Crippen LogP contribution in [0.15, 0.2) is 30.3 Å². The number of nitrogens with one attached hydrogen (secondary N) is 1. The largest absolute Gasteiger partial charge is 0.312 e.